The number of carbonyl (C=O) groups is 1. The smallest absolute Gasteiger partial charge is 0.198 e. The second kappa shape index (κ2) is 6.93. The molecule has 11 heavy (non-hydrogen) atoms. The highest BCUT2D eigenvalue weighted by atomic mass is 16.1. The van der Waals surface area contributed by atoms with Crippen molar-refractivity contribution in [3.63, 3.8) is 0 Å². The summed E-state index contributed by atoms with van der Waals surface area (Å²) in [6, 6.07) is 0. The van der Waals surface area contributed by atoms with Gasteiger partial charge in [-0.3, -0.25) is 4.79 Å². The zero-order valence-electron chi connectivity index (χ0n) is 7.00. The molecule has 0 saturated carbocycles. The van der Waals surface area contributed by atoms with E-state index in [2.05, 4.69) is 4.99 Å². The van der Waals surface area contributed by atoms with Gasteiger partial charge in [-0.2, -0.15) is 0 Å². The molecule has 0 aromatic rings. The topological polar surface area (TPSA) is 31.0 Å². The van der Waals surface area contributed by atoms with Crippen LogP contribution < -0.4 is 4.99 Å². The summed E-state index contributed by atoms with van der Waals surface area (Å²) in [4.78, 5) is 13.3. The van der Waals surface area contributed by atoms with E-state index in [0.29, 0.717) is 6.54 Å². The summed E-state index contributed by atoms with van der Waals surface area (Å²) in [6.45, 7) is 3.91. The molecule has 60 valence electrons. The molecule has 0 aliphatic rings. The van der Waals surface area contributed by atoms with Crippen LogP contribution in [0.2, 0.25) is 0 Å². The summed E-state index contributed by atoms with van der Waals surface area (Å²) >= 11 is 0. The van der Waals surface area contributed by atoms with E-state index >= 15 is 0 Å². The van der Waals surface area contributed by atoms with Gasteiger partial charge in [0.15, 0.2) is 18.5 Å². The van der Waals surface area contributed by atoms with Gasteiger partial charge in [-0.15, -0.1) is 0 Å². The molecule has 0 fully saturated rings. The Morgan fingerprint density at radius 1 is 1.36 bits per heavy atom. The molecule has 0 radical (unpaired) electrons. The number of Topliss-reactive ketones (excluding diaryl/α,β-unsaturated/α-hetero) is 1. The van der Waals surface area contributed by atoms with Gasteiger partial charge in [0.2, 0.25) is 0 Å². The van der Waals surface area contributed by atoms with Crippen LogP contribution in [-0.2, 0) is 4.79 Å². The molecule has 0 atom stereocenters. The summed E-state index contributed by atoms with van der Waals surface area (Å²) in [5.74, 6) is 0.140. The molecule has 0 amide bonds. The molecular formula is C9H14NO+. The molecule has 0 bridgehead atoms. The van der Waals surface area contributed by atoms with Gasteiger partial charge in [0.25, 0.3) is 0 Å². The standard InChI is InChI=1S/C9H13NO/c1-3-4-5-6-7-10-8-9(2)11/h3-7H,8H2,1-2H3/p+1/b4-3-,6-5-,10-7?. The van der Waals surface area contributed by atoms with Crippen LogP contribution in [0.25, 0.3) is 0 Å². The van der Waals surface area contributed by atoms with Gasteiger partial charge in [-0.1, -0.05) is 18.2 Å². The molecule has 0 aliphatic heterocycles. The zero-order valence-corrected chi connectivity index (χ0v) is 7.00. The van der Waals surface area contributed by atoms with Gasteiger partial charge in [0.05, 0.1) is 0 Å². The van der Waals surface area contributed by atoms with Gasteiger partial charge in [0, 0.05) is 13.0 Å². The molecule has 2 nitrogen and oxygen atoms in total. The van der Waals surface area contributed by atoms with Gasteiger partial charge >= 0.3 is 0 Å². The number of hydrogen-bond donors (Lipinski definition) is 1. The van der Waals surface area contributed by atoms with Gasteiger partial charge in [-0.25, -0.2) is 4.99 Å². The molecule has 0 saturated heterocycles. The summed E-state index contributed by atoms with van der Waals surface area (Å²) in [6.07, 6.45) is 9.36. The number of allylic oxidation sites excluding steroid dienone is 4. The first-order chi connectivity index (χ1) is 5.27. The minimum absolute atomic E-state index is 0.140. The van der Waals surface area contributed by atoms with E-state index in [4.69, 9.17) is 0 Å². The maximum absolute atomic E-state index is 10.4. The lowest BCUT2D eigenvalue weighted by molar-refractivity contribution is -0.437. The Bertz CT molecular complexity index is 190. The third-order valence-corrected chi connectivity index (χ3v) is 0.980. The molecule has 0 aromatic carbocycles. The SMILES string of the molecule is C/C=C\C=C/C=[NH+]CC(C)=O. The molecule has 0 aromatic heterocycles. The maximum atomic E-state index is 10.4. The number of rotatable bonds is 4. The average molecular weight is 152 g/mol. The fraction of sp³-hybridized carbons (Fsp3) is 0.333. The lowest BCUT2D eigenvalue weighted by Gasteiger charge is -1.75. The Balaban J connectivity index is 3.51. The van der Waals surface area contributed by atoms with Crippen molar-refractivity contribution in [2.75, 3.05) is 6.54 Å². The normalized spacial score (nSPS) is 12.2. The third kappa shape index (κ3) is 8.82. The maximum Gasteiger partial charge on any atom is 0.198 e. The summed E-state index contributed by atoms with van der Waals surface area (Å²) < 4.78 is 0. The second-order valence-corrected chi connectivity index (χ2v) is 2.16. The monoisotopic (exact) mass is 152 g/mol. The largest absolute Gasteiger partial charge is 0.293 e. The fourth-order valence-electron chi connectivity index (χ4n) is 0.502. The Hall–Kier alpha value is -1.18. The number of hydrogen-bond acceptors (Lipinski definition) is 1. The van der Waals surface area contributed by atoms with Crippen LogP contribution in [0.3, 0.4) is 0 Å². The first-order valence-electron chi connectivity index (χ1n) is 3.61. The molecule has 1 N–H and O–H groups in total. The van der Waals surface area contributed by atoms with Crippen LogP contribution in [0.5, 0.6) is 0 Å². The number of ketones is 1. The molecule has 2 heteroatoms. The summed E-state index contributed by atoms with van der Waals surface area (Å²) in [5, 5.41) is 0. The molecule has 0 aliphatic carbocycles. The van der Waals surface area contributed by atoms with Crippen molar-refractivity contribution in [1.82, 2.24) is 0 Å². The number of nitrogens with one attached hydrogen (secondary N) is 1. The van der Waals surface area contributed by atoms with Crippen molar-refractivity contribution < 1.29 is 9.79 Å². The van der Waals surface area contributed by atoms with E-state index in [1.54, 1.807) is 13.1 Å². The van der Waals surface area contributed by atoms with Crippen LogP contribution in [0.4, 0.5) is 0 Å². The van der Waals surface area contributed by atoms with Gasteiger partial charge < -0.3 is 0 Å². The highest BCUT2D eigenvalue weighted by Crippen LogP contribution is 1.70. The predicted octanol–water partition coefficient (Wildman–Crippen LogP) is -0.141. The Labute approximate surface area is 67.3 Å². The predicted molar refractivity (Wildman–Crippen MR) is 46.5 cm³/mol. The van der Waals surface area contributed by atoms with Crippen LogP contribution in [0.1, 0.15) is 13.8 Å². The van der Waals surface area contributed by atoms with E-state index in [9.17, 15) is 4.79 Å². The van der Waals surface area contributed by atoms with Crippen LogP contribution in [0.15, 0.2) is 24.3 Å². The zero-order chi connectivity index (χ0) is 8.53. The highest BCUT2D eigenvalue weighted by molar-refractivity contribution is 5.77. The van der Waals surface area contributed by atoms with E-state index in [-0.39, 0.29) is 5.78 Å². The summed E-state index contributed by atoms with van der Waals surface area (Å²) in [5.41, 5.74) is 0. The van der Waals surface area contributed by atoms with Crippen LogP contribution in [0, 0.1) is 0 Å². The van der Waals surface area contributed by atoms with Gasteiger partial charge in [0.1, 0.15) is 0 Å². The minimum Gasteiger partial charge on any atom is -0.293 e. The summed E-state index contributed by atoms with van der Waals surface area (Å²) in [7, 11) is 0. The van der Waals surface area contributed by atoms with Crippen molar-refractivity contribution in [1.29, 1.82) is 0 Å². The molecule has 0 unspecified atom stereocenters. The average Bonchev–Trinajstić information content (AvgIpc) is 1.96. The lowest BCUT2D eigenvalue weighted by atomic mass is 10.4. The molecule has 0 heterocycles. The van der Waals surface area contributed by atoms with Crippen molar-refractivity contribution in [3.05, 3.63) is 24.3 Å². The highest BCUT2D eigenvalue weighted by Gasteiger charge is 1.89. The fourth-order valence-corrected chi connectivity index (χ4v) is 0.502. The third-order valence-electron chi connectivity index (χ3n) is 0.980. The Kier molecular flexibility index (Phi) is 6.19. The van der Waals surface area contributed by atoms with Crippen molar-refractivity contribution >= 4 is 12.0 Å². The van der Waals surface area contributed by atoms with Crippen molar-refractivity contribution in [2.24, 2.45) is 0 Å². The first-order valence-corrected chi connectivity index (χ1v) is 3.61. The molecule has 0 spiro atoms. The first kappa shape index (κ1) is 9.82. The van der Waals surface area contributed by atoms with Crippen LogP contribution >= 0.6 is 0 Å². The Morgan fingerprint density at radius 2 is 2.09 bits per heavy atom. The van der Waals surface area contributed by atoms with Crippen molar-refractivity contribution in [3.8, 4) is 0 Å². The van der Waals surface area contributed by atoms with E-state index in [1.165, 1.54) is 0 Å². The van der Waals surface area contributed by atoms with E-state index in [0.717, 1.165) is 0 Å². The van der Waals surface area contributed by atoms with E-state index in [1.807, 2.05) is 31.2 Å². The molecule has 0 rings (SSSR count). The lowest BCUT2D eigenvalue weighted by Crippen LogP contribution is -2.70. The second-order valence-electron chi connectivity index (χ2n) is 2.16. The number of carbonyl (C=O) groups excluding carboxylic acids is 1. The Morgan fingerprint density at radius 3 is 2.64 bits per heavy atom. The molecular weight excluding hydrogens is 138 g/mol. The quantitative estimate of drug-likeness (QED) is 0.441. The van der Waals surface area contributed by atoms with Crippen molar-refractivity contribution in [2.45, 2.75) is 13.8 Å². The minimum atomic E-state index is 0.140. The van der Waals surface area contributed by atoms with Crippen LogP contribution in [-0.4, -0.2) is 18.5 Å². The van der Waals surface area contributed by atoms with E-state index < -0.39 is 0 Å². The van der Waals surface area contributed by atoms with Gasteiger partial charge in [-0.05, 0) is 6.92 Å².